The van der Waals surface area contributed by atoms with E-state index in [-0.39, 0.29) is 16.9 Å². The van der Waals surface area contributed by atoms with Crippen LogP contribution in [0.25, 0.3) is 0 Å². The van der Waals surface area contributed by atoms with Crippen LogP contribution in [0.1, 0.15) is 26.3 Å². The molecule has 3 rings (SSSR count). The standard InChI is InChI=1S/C24H22BrN3O3S/c1-26-22(29)17-7-10-19(11-8-17)27-24(32)28-23(30)20-15-18(25)9-12-21(20)31-14-13-16-5-3-2-4-6-16/h2-12,15H,13-14H2,1H3,(H,26,29)(H2,27,28,30,32). The maximum atomic E-state index is 12.8. The number of benzene rings is 3. The first kappa shape index (κ1) is 23.4. The number of thiocarbonyl (C=S) groups is 1. The van der Waals surface area contributed by atoms with Crippen molar-refractivity contribution in [3.63, 3.8) is 0 Å². The SMILES string of the molecule is CNC(=O)c1ccc(NC(=S)NC(=O)c2cc(Br)ccc2OCCc2ccccc2)cc1. The van der Waals surface area contributed by atoms with Crippen molar-refractivity contribution in [3.05, 3.63) is 94.0 Å². The quantitative estimate of drug-likeness (QED) is 0.405. The average Bonchev–Trinajstić information content (AvgIpc) is 2.80. The molecule has 8 heteroatoms. The molecule has 164 valence electrons. The molecular formula is C24H22BrN3O3S. The Labute approximate surface area is 200 Å². The van der Waals surface area contributed by atoms with E-state index < -0.39 is 0 Å². The lowest BCUT2D eigenvalue weighted by Crippen LogP contribution is -2.34. The Bertz CT molecular complexity index is 1110. The number of anilines is 1. The van der Waals surface area contributed by atoms with Crippen LogP contribution in [0.4, 0.5) is 5.69 Å². The van der Waals surface area contributed by atoms with Gasteiger partial charge in [-0.15, -0.1) is 0 Å². The molecule has 3 aromatic carbocycles. The number of hydrogen-bond acceptors (Lipinski definition) is 4. The lowest BCUT2D eigenvalue weighted by atomic mass is 10.1. The average molecular weight is 512 g/mol. The summed E-state index contributed by atoms with van der Waals surface area (Å²) in [6.07, 6.45) is 0.726. The van der Waals surface area contributed by atoms with Crippen molar-refractivity contribution in [2.75, 3.05) is 19.0 Å². The van der Waals surface area contributed by atoms with Crippen molar-refractivity contribution in [3.8, 4) is 5.75 Å². The summed E-state index contributed by atoms with van der Waals surface area (Å²) >= 11 is 8.67. The fourth-order valence-corrected chi connectivity index (χ4v) is 3.48. The van der Waals surface area contributed by atoms with Crippen molar-refractivity contribution in [1.82, 2.24) is 10.6 Å². The van der Waals surface area contributed by atoms with Gasteiger partial charge in [-0.25, -0.2) is 0 Å². The van der Waals surface area contributed by atoms with E-state index in [0.29, 0.717) is 29.2 Å². The zero-order chi connectivity index (χ0) is 22.9. The highest BCUT2D eigenvalue weighted by Crippen LogP contribution is 2.23. The molecule has 32 heavy (non-hydrogen) atoms. The number of carbonyl (C=O) groups excluding carboxylic acids is 2. The molecule has 0 saturated carbocycles. The molecule has 0 fully saturated rings. The Hall–Kier alpha value is -3.23. The lowest BCUT2D eigenvalue weighted by Gasteiger charge is -2.14. The number of nitrogens with one attached hydrogen (secondary N) is 3. The topological polar surface area (TPSA) is 79.5 Å². The first-order valence-electron chi connectivity index (χ1n) is 9.87. The van der Waals surface area contributed by atoms with Crippen LogP contribution in [0, 0.1) is 0 Å². The number of halogens is 1. The molecule has 0 heterocycles. The molecule has 0 aliphatic rings. The molecule has 0 aromatic heterocycles. The summed E-state index contributed by atoms with van der Waals surface area (Å²) in [5.41, 5.74) is 2.70. The monoisotopic (exact) mass is 511 g/mol. The summed E-state index contributed by atoms with van der Waals surface area (Å²) in [7, 11) is 1.57. The van der Waals surface area contributed by atoms with Crippen molar-refractivity contribution in [2.45, 2.75) is 6.42 Å². The normalized spacial score (nSPS) is 10.2. The lowest BCUT2D eigenvalue weighted by molar-refractivity contribution is 0.0958. The van der Waals surface area contributed by atoms with E-state index in [9.17, 15) is 9.59 Å². The van der Waals surface area contributed by atoms with Crippen LogP contribution < -0.4 is 20.7 Å². The maximum absolute atomic E-state index is 12.8. The minimum atomic E-state index is -0.388. The van der Waals surface area contributed by atoms with Crippen molar-refractivity contribution in [2.24, 2.45) is 0 Å². The summed E-state index contributed by atoms with van der Waals surface area (Å²) in [5, 5.41) is 8.31. The zero-order valence-electron chi connectivity index (χ0n) is 17.4. The van der Waals surface area contributed by atoms with E-state index in [1.807, 2.05) is 36.4 Å². The zero-order valence-corrected chi connectivity index (χ0v) is 19.8. The van der Waals surface area contributed by atoms with Gasteiger partial charge < -0.3 is 15.4 Å². The summed E-state index contributed by atoms with van der Waals surface area (Å²) in [6.45, 7) is 0.437. The molecule has 0 spiro atoms. The van der Waals surface area contributed by atoms with Gasteiger partial charge in [-0.1, -0.05) is 46.3 Å². The Morgan fingerprint density at radius 3 is 2.38 bits per heavy atom. The van der Waals surface area contributed by atoms with Crippen LogP contribution in [-0.4, -0.2) is 30.6 Å². The third-order valence-electron chi connectivity index (χ3n) is 4.54. The van der Waals surface area contributed by atoms with Gasteiger partial charge in [0.05, 0.1) is 12.2 Å². The van der Waals surface area contributed by atoms with Crippen molar-refractivity contribution >= 4 is 50.8 Å². The third kappa shape index (κ3) is 6.63. The molecule has 0 aliphatic heterocycles. The van der Waals surface area contributed by atoms with Gasteiger partial charge in [-0.2, -0.15) is 0 Å². The number of amides is 2. The number of hydrogen-bond donors (Lipinski definition) is 3. The smallest absolute Gasteiger partial charge is 0.261 e. The summed E-state index contributed by atoms with van der Waals surface area (Å²) < 4.78 is 6.63. The van der Waals surface area contributed by atoms with Crippen LogP contribution in [0.3, 0.4) is 0 Å². The Morgan fingerprint density at radius 1 is 0.969 bits per heavy atom. The van der Waals surface area contributed by atoms with E-state index in [1.54, 1.807) is 43.4 Å². The van der Waals surface area contributed by atoms with Gasteiger partial charge in [-0.05, 0) is 60.2 Å². The molecule has 3 N–H and O–H groups in total. The third-order valence-corrected chi connectivity index (χ3v) is 5.23. The largest absolute Gasteiger partial charge is 0.492 e. The van der Waals surface area contributed by atoms with Gasteiger partial charge in [0.1, 0.15) is 5.75 Å². The Morgan fingerprint density at radius 2 is 1.69 bits per heavy atom. The maximum Gasteiger partial charge on any atom is 0.261 e. The molecule has 0 atom stereocenters. The first-order chi connectivity index (χ1) is 15.5. The molecule has 0 radical (unpaired) electrons. The van der Waals surface area contributed by atoms with Gasteiger partial charge in [0.2, 0.25) is 0 Å². The summed E-state index contributed by atoms with van der Waals surface area (Å²) in [6, 6.07) is 22.0. The fourth-order valence-electron chi connectivity index (χ4n) is 2.91. The molecule has 0 saturated heterocycles. The van der Waals surface area contributed by atoms with E-state index >= 15 is 0 Å². The minimum absolute atomic E-state index is 0.137. The van der Waals surface area contributed by atoms with Crippen LogP contribution in [-0.2, 0) is 6.42 Å². The molecule has 0 aliphatic carbocycles. The van der Waals surface area contributed by atoms with Crippen LogP contribution >= 0.6 is 28.1 Å². The van der Waals surface area contributed by atoms with Crippen LogP contribution in [0.15, 0.2) is 77.3 Å². The highest BCUT2D eigenvalue weighted by atomic mass is 79.9. The van der Waals surface area contributed by atoms with E-state index in [1.165, 1.54) is 0 Å². The second-order valence-corrected chi connectivity index (χ2v) is 8.11. The van der Waals surface area contributed by atoms with E-state index in [2.05, 4.69) is 31.9 Å². The molecule has 3 aromatic rings. The van der Waals surface area contributed by atoms with Gasteiger partial charge in [-0.3, -0.25) is 14.9 Å². The molecule has 2 amide bonds. The highest BCUT2D eigenvalue weighted by molar-refractivity contribution is 9.10. The predicted octanol–water partition coefficient (Wildman–Crippen LogP) is 4.56. The fraction of sp³-hybridized carbons (Fsp3) is 0.125. The van der Waals surface area contributed by atoms with Gasteiger partial charge in [0, 0.05) is 29.2 Å². The van der Waals surface area contributed by atoms with Crippen molar-refractivity contribution < 1.29 is 14.3 Å². The van der Waals surface area contributed by atoms with E-state index in [4.69, 9.17) is 17.0 Å². The Balaban J connectivity index is 1.61. The number of carbonyl (C=O) groups is 2. The number of ether oxygens (including phenoxy) is 1. The predicted molar refractivity (Wildman–Crippen MR) is 133 cm³/mol. The van der Waals surface area contributed by atoms with Gasteiger partial charge in [0.25, 0.3) is 11.8 Å². The van der Waals surface area contributed by atoms with E-state index in [0.717, 1.165) is 16.5 Å². The second-order valence-electron chi connectivity index (χ2n) is 6.79. The molecular weight excluding hydrogens is 490 g/mol. The first-order valence-corrected chi connectivity index (χ1v) is 11.1. The molecule has 6 nitrogen and oxygen atoms in total. The van der Waals surface area contributed by atoms with Crippen molar-refractivity contribution in [1.29, 1.82) is 0 Å². The van der Waals surface area contributed by atoms with Crippen LogP contribution in [0.2, 0.25) is 0 Å². The molecule has 0 bridgehead atoms. The number of rotatable bonds is 7. The van der Waals surface area contributed by atoms with Gasteiger partial charge >= 0.3 is 0 Å². The Kier molecular flexibility index (Phi) is 8.35. The van der Waals surface area contributed by atoms with Gasteiger partial charge in [0.15, 0.2) is 5.11 Å². The highest BCUT2D eigenvalue weighted by Gasteiger charge is 2.15. The second kappa shape index (κ2) is 11.4. The summed E-state index contributed by atoms with van der Waals surface area (Å²) in [4.78, 5) is 24.5. The van der Waals surface area contributed by atoms with Crippen LogP contribution in [0.5, 0.6) is 5.75 Å². The molecule has 0 unspecified atom stereocenters. The summed E-state index contributed by atoms with van der Waals surface area (Å²) in [5.74, 6) is -0.0956. The minimum Gasteiger partial charge on any atom is -0.492 e.